The first-order chi connectivity index (χ1) is 15.3. The lowest BCUT2D eigenvalue weighted by molar-refractivity contribution is 0.101. The fourth-order valence-corrected chi connectivity index (χ4v) is 9.43. The number of ether oxygens (including phenoxy) is 1. The van der Waals surface area contributed by atoms with E-state index in [0.717, 1.165) is 19.6 Å². The van der Waals surface area contributed by atoms with Gasteiger partial charge in [0.1, 0.15) is 5.75 Å². The van der Waals surface area contributed by atoms with Crippen molar-refractivity contribution in [2.24, 2.45) is 0 Å². The highest BCUT2D eigenvalue weighted by Crippen LogP contribution is 2.30. The van der Waals surface area contributed by atoms with Gasteiger partial charge in [0.25, 0.3) is 0 Å². The summed E-state index contributed by atoms with van der Waals surface area (Å²) in [4.78, 5) is 4.53. The molecule has 2 aliphatic rings. The Hall–Kier alpha value is -1.94. The lowest BCUT2D eigenvalue weighted by atomic mass is 10.1. The Kier molecular flexibility index (Phi) is 6.90. The van der Waals surface area contributed by atoms with Gasteiger partial charge in [0.15, 0.2) is 19.7 Å². The minimum atomic E-state index is -3.79. The Bertz CT molecular complexity index is 1110. The molecule has 0 spiro atoms. The van der Waals surface area contributed by atoms with Crippen molar-refractivity contribution in [3.8, 4) is 5.75 Å². The van der Waals surface area contributed by atoms with E-state index in [1.807, 2.05) is 25.1 Å². The van der Waals surface area contributed by atoms with Gasteiger partial charge in [0, 0.05) is 38.8 Å². The predicted octanol–water partition coefficient (Wildman–Crippen LogP) is 1.84. The number of benzene rings is 2. The fraction of sp³-hybridized carbons (Fsp3) is 0.478. The highest BCUT2D eigenvalue weighted by atomic mass is 32.2. The van der Waals surface area contributed by atoms with Crippen molar-refractivity contribution >= 4 is 19.7 Å². The monoisotopic (exact) mass is 478 g/mol. The van der Waals surface area contributed by atoms with E-state index in [4.69, 9.17) is 4.74 Å². The molecule has 2 saturated heterocycles. The summed E-state index contributed by atoms with van der Waals surface area (Å²) in [7, 11) is -7.22. The van der Waals surface area contributed by atoms with Gasteiger partial charge in [-0.25, -0.2) is 16.8 Å². The average molecular weight is 479 g/mol. The molecule has 0 bridgehead atoms. The van der Waals surface area contributed by atoms with Gasteiger partial charge in [-0.05, 0) is 36.8 Å². The molecule has 4 rings (SSSR count). The van der Waals surface area contributed by atoms with E-state index >= 15 is 0 Å². The molecular weight excluding hydrogens is 448 g/mol. The number of nitrogens with zero attached hydrogens (tertiary/aromatic N) is 2. The molecule has 2 atom stereocenters. The van der Waals surface area contributed by atoms with Crippen LogP contribution in [0.3, 0.4) is 0 Å². The normalized spacial score (nSPS) is 24.4. The van der Waals surface area contributed by atoms with Gasteiger partial charge in [0.05, 0.1) is 28.3 Å². The van der Waals surface area contributed by atoms with Crippen LogP contribution in [0.5, 0.6) is 5.75 Å². The van der Waals surface area contributed by atoms with Crippen LogP contribution in [0.25, 0.3) is 0 Å². The molecule has 0 saturated carbocycles. The quantitative estimate of drug-likeness (QED) is 0.600. The molecule has 2 fully saturated rings. The Morgan fingerprint density at radius 1 is 0.938 bits per heavy atom. The minimum absolute atomic E-state index is 0.105. The molecule has 7 nitrogen and oxygen atoms in total. The zero-order valence-corrected chi connectivity index (χ0v) is 19.9. The first-order valence-corrected chi connectivity index (χ1v) is 14.3. The summed E-state index contributed by atoms with van der Waals surface area (Å²) >= 11 is 0. The van der Waals surface area contributed by atoms with Gasteiger partial charge in [0.2, 0.25) is 0 Å². The Balaban J connectivity index is 1.48. The second-order valence-corrected chi connectivity index (χ2v) is 12.8. The first kappa shape index (κ1) is 23.2. The average Bonchev–Trinajstić information content (AvgIpc) is 3.12. The van der Waals surface area contributed by atoms with Crippen molar-refractivity contribution in [3.05, 3.63) is 60.2 Å². The third-order valence-electron chi connectivity index (χ3n) is 6.26. The van der Waals surface area contributed by atoms with Crippen LogP contribution in [0.1, 0.15) is 12.5 Å². The van der Waals surface area contributed by atoms with Crippen molar-refractivity contribution < 1.29 is 21.6 Å². The molecule has 0 amide bonds. The Labute approximate surface area is 190 Å². The van der Waals surface area contributed by atoms with E-state index in [0.29, 0.717) is 25.4 Å². The maximum Gasteiger partial charge on any atom is 0.183 e. The summed E-state index contributed by atoms with van der Waals surface area (Å²) in [6.07, 6.45) is 0. The van der Waals surface area contributed by atoms with Crippen LogP contribution < -0.4 is 4.74 Å². The van der Waals surface area contributed by atoms with Gasteiger partial charge in [-0.1, -0.05) is 30.3 Å². The summed E-state index contributed by atoms with van der Waals surface area (Å²) in [5, 5.41) is -0.953. The van der Waals surface area contributed by atoms with Crippen molar-refractivity contribution in [1.29, 1.82) is 0 Å². The van der Waals surface area contributed by atoms with Crippen LogP contribution in [-0.2, 0) is 26.2 Å². The van der Waals surface area contributed by atoms with Crippen LogP contribution in [-0.4, -0.2) is 82.2 Å². The van der Waals surface area contributed by atoms with E-state index in [9.17, 15) is 16.8 Å². The third-order valence-corrected chi connectivity index (χ3v) is 10.4. The Morgan fingerprint density at radius 3 is 2.22 bits per heavy atom. The van der Waals surface area contributed by atoms with Gasteiger partial charge in [-0.2, -0.15) is 0 Å². The number of piperazine rings is 1. The standard InChI is InChI=1S/C23H30N2O5S2/c1-2-30-20-8-10-21(11-9-20)32(28,29)23-18-31(26,27)17-22(23)25-14-12-24(13-15-25)16-19-6-4-3-5-7-19/h3-11,22-23H,2,12-18H2,1H3. The van der Waals surface area contributed by atoms with E-state index in [1.165, 1.54) is 17.7 Å². The van der Waals surface area contributed by atoms with Crippen molar-refractivity contribution in [2.75, 3.05) is 44.3 Å². The number of hydrogen-bond acceptors (Lipinski definition) is 7. The second kappa shape index (κ2) is 9.51. The van der Waals surface area contributed by atoms with E-state index < -0.39 is 31.0 Å². The topological polar surface area (TPSA) is 84.0 Å². The van der Waals surface area contributed by atoms with Gasteiger partial charge < -0.3 is 4.74 Å². The molecule has 9 heteroatoms. The van der Waals surface area contributed by atoms with Gasteiger partial charge >= 0.3 is 0 Å². The molecule has 2 aromatic carbocycles. The van der Waals surface area contributed by atoms with Crippen molar-refractivity contribution in [3.63, 3.8) is 0 Å². The minimum Gasteiger partial charge on any atom is -0.494 e. The predicted molar refractivity (Wildman–Crippen MR) is 124 cm³/mol. The largest absolute Gasteiger partial charge is 0.494 e. The maximum atomic E-state index is 13.4. The molecule has 0 N–H and O–H groups in total. The first-order valence-electron chi connectivity index (χ1n) is 11.0. The molecule has 32 heavy (non-hydrogen) atoms. The fourth-order valence-electron chi connectivity index (χ4n) is 4.60. The molecule has 0 aliphatic carbocycles. The van der Waals surface area contributed by atoms with Crippen molar-refractivity contribution in [1.82, 2.24) is 9.80 Å². The third kappa shape index (κ3) is 5.17. The maximum absolute atomic E-state index is 13.4. The summed E-state index contributed by atoms with van der Waals surface area (Å²) in [6.45, 7) is 6.06. The molecule has 0 radical (unpaired) electrons. The highest BCUT2D eigenvalue weighted by Gasteiger charge is 2.48. The smallest absolute Gasteiger partial charge is 0.183 e. The molecule has 2 heterocycles. The number of rotatable bonds is 7. The molecule has 2 aromatic rings. The molecular formula is C23H30N2O5S2. The summed E-state index contributed by atoms with van der Waals surface area (Å²) < 4.78 is 57.2. The van der Waals surface area contributed by atoms with Crippen LogP contribution in [0.15, 0.2) is 59.5 Å². The molecule has 2 aliphatic heterocycles. The number of sulfone groups is 2. The van der Waals surface area contributed by atoms with E-state index in [-0.39, 0.29) is 16.4 Å². The summed E-state index contributed by atoms with van der Waals surface area (Å²) in [5.74, 6) is 0.168. The zero-order valence-electron chi connectivity index (χ0n) is 18.3. The van der Waals surface area contributed by atoms with Crippen LogP contribution >= 0.6 is 0 Å². The Morgan fingerprint density at radius 2 is 1.59 bits per heavy atom. The summed E-state index contributed by atoms with van der Waals surface area (Å²) in [6, 6.07) is 16.0. The van der Waals surface area contributed by atoms with E-state index in [2.05, 4.69) is 21.9 Å². The second-order valence-electron chi connectivity index (χ2n) is 8.43. The lowest BCUT2D eigenvalue weighted by Crippen LogP contribution is -2.54. The van der Waals surface area contributed by atoms with Crippen LogP contribution in [0.2, 0.25) is 0 Å². The van der Waals surface area contributed by atoms with E-state index in [1.54, 1.807) is 12.1 Å². The van der Waals surface area contributed by atoms with Crippen LogP contribution in [0.4, 0.5) is 0 Å². The zero-order chi connectivity index (χ0) is 22.8. The van der Waals surface area contributed by atoms with Gasteiger partial charge in [-0.15, -0.1) is 0 Å². The molecule has 0 aromatic heterocycles. The summed E-state index contributed by atoms with van der Waals surface area (Å²) in [5.41, 5.74) is 1.24. The van der Waals surface area contributed by atoms with Crippen LogP contribution in [0, 0.1) is 0 Å². The van der Waals surface area contributed by atoms with Crippen molar-refractivity contribution in [2.45, 2.75) is 29.7 Å². The lowest BCUT2D eigenvalue weighted by Gasteiger charge is -2.39. The molecule has 2 unspecified atom stereocenters. The van der Waals surface area contributed by atoms with Gasteiger partial charge in [-0.3, -0.25) is 9.80 Å². The highest BCUT2D eigenvalue weighted by molar-refractivity contribution is 7.96. The SMILES string of the molecule is CCOc1ccc(S(=O)(=O)C2CS(=O)(=O)CC2N2CCN(Cc3ccccc3)CC2)cc1. The molecule has 174 valence electrons. The number of hydrogen-bond donors (Lipinski definition) is 0.